The smallest absolute Gasteiger partial charge is 0.0690 e. The van der Waals surface area contributed by atoms with E-state index in [0.717, 1.165) is 17.7 Å². The van der Waals surface area contributed by atoms with Gasteiger partial charge in [0.2, 0.25) is 0 Å². The van der Waals surface area contributed by atoms with Crippen molar-refractivity contribution in [1.82, 2.24) is 19.6 Å². The Labute approximate surface area is 82.1 Å². The molecule has 0 saturated heterocycles. The summed E-state index contributed by atoms with van der Waals surface area (Å²) in [6.07, 6.45) is 7.55. The highest BCUT2D eigenvalue weighted by atomic mass is 15.3. The molecule has 0 amide bonds. The van der Waals surface area contributed by atoms with E-state index in [1.54, 1.807) is 10.9 Å². The maximum absolute atomic E-state index is 5.49. The minimum atomic E-state index is 0.535. The molecular weight excluding hydrogens is 178 g/mol. The molecule has 0 unspecified atom stereocenters. The van der Waals surface area contributed by atoms with E-state index in [2.05, 4.69) is 10.2 Å². The van der Waals surface area contributed by atoms with Crippen LogP contribution in [-0.2, 0) is 20.1 Å². The van der Waals surface area contributed by atoms with Crippen LogP contribution in [0.15, 0.2) is 24.8 Å². The lowest BCUT2D eigenvalue weighted by Crippen LogP contribution is -1.99. The monoisotopic (exact) mass is 191 g/mol. The van der Waals surface area contributed by atoms with Crippen LogP contribution in [0.3, 0.4) is 0 Å². The molecule has 0 spiro atoms. The molecule has 5 nitrogen and oxygen atoms in total. The summed E-state index contributed by atoms with van der Waals surface area (Å²) >= 11 is 0. The lowest BCUT2D eigenvalue weighted by atomic mass is 10.3. The minimum absolute atomic E-state index is 0.535. The van der Waals surface area contributed by atoms with Crippen molar-refractivity contribution in [2.24, 2.45) is 12.8 Å². The number of aromatic nitrogens is 4. The number of nitrogens with zero attached hydrogens (tertiary/aromatic N) is 4. The van der Waals surface area contributed by atoms with Gasteiger partial charge in [0, 0.05) is 37.1 Å². The third kappa shape index (κ3) is 1.82. The molecule has 14 heavy (non-hydrogen) atoms. The molecule has 0 aliphatic rings. The molecule has 0 aliphatic carbocycles. The molecule has 0 saturated carbocycles. The van der Waals surface area contributed by atoms with Crippen LogP contribution in [0.25, 0.3) is 0 Å². The number of rotatable bonds is 3. The fourth-order valence-electron chi connectivity index (χ4n) is 1.34. The van der Waals surface area contributed by atoms with Gasteiger partial charge in [0.25, 0.3) is 0 Å². The van der Waals surface area contributed by atoms with Crippen LogP contribution in [-0.4, -0.2) is 19.6 Å². The Kier molecular flexibility index (Phi) is 2.32. The van der Waals surface area contributed by atoms with Crippen LogP contribution in [0, 0.1) is 0 Å². The predicted molar refractivity (Wildman–Crippen MR) is 52.4 cm³/mol. The summed E-state index contributed by atoms with van der Waals surface area (Å²) in [5.41, 5.74) is 7.68. The largest absolute Gasteiger partial charge is 0.326 e. The van der Waals surface area contributed by atoms with E-state index < -0.39 is 0 Å². The third-order valence-corrected chi connectivity index (χ3v) is 2.03. The molecule has 2 N–H and O–H groups in total. The fraction of sp³-hybridized carbons (Fsp3) is 0.333. The van der Waals surface area contributed by atoms with Gasteiger partial charge in [-0.3, -0.25) is 9.36 Å². The second kappa shape index (κ2) is 3.63. The van der Waals surface area contributed by atoms with Crippen molar-refractivity contribution in [2.45, 2.75) is 13.1 Å². The summed E-state index contributed by atoms with van der Waals surface area (Å²) in [6.45, 7) is 1.28. The van der Waals surface area contributed by atoms with E-state index >= 15 is 0 Å². The first kappa shape index (κ1) is 8.96. The Balaban J connectivity index is 2.10. The maximum atomic E-state index is 5.49. The second-order valence-electron chi connectivity index (χ2n) is 3.27. The summed E-state index contributed by atoms with van der Waals surface area (Å²) in [5.74, 6) is 0. The van der Waals surface area contributed by atoms with Gasteiger partial charge in [0.15, 0.2) is 0 Å². The highest BCUT2D eigenvalue weighted by Gasteiger charge is 1.99. The highest BCUT2D eigenvalue weighted by molar-refractivity contribution is 5.07. The molecule has 0 atom stereocenters. The minimum Gasteiger partial charge on any atom is -0.326 e. The summed E-state index contributed by atoms with van der Waals surface area (Å²) in [6, 6.07) is 0. The number of hydrogen-bond donors (Lipinski definition) is 1. The molecule has 0 radical (unpaired) electrons. The standard InChI is InChI=1S/C9H13N5/c1-13-5-9(4-11-13)7-14-6-8(2-10)3-12-14/h3-6H,2,7,10H2,1H3. The third-order valence-electron chi connectivity index (χ3n) is 2.03. The van der Waals surface area contributed by atoms with Gasteiger partial charge < -0.3 is 5.73 Å². The zero-order valence-corrected chi connectivity index (χ0v) is 8.09. The molecule has 74 valence electrons. The zero-order chi connectivity index (χ0) is 9.97. The van der Waals surface area contributed by atoms with Crippen LogP contribution < -0.4 is 5.73 Å². The quantitative estimate of drug-likeness (QED) is 0.749. The van der Waals surface area contributed by atoms with Gasteiger partial charge in [0.1, 0.15) is 0 Å². The highest BCUT2D eigenvalue weighted by Crippen LogP contribution is 2.02. The SMILES string of the molecule is Cn1cc(Cn2cc(CN)cn2)cn1. The van der Waals surface area contributed by atoms with Gasteiger partial charge in [0.05, 0.1) is 18.9 Å². The van der Waals surface area contributed by atoms with E-state index in [4.69, 9.17) is 5.73 Å². The van der Waals surface area contributed by atoms with Crippen LogP contribution in [0.2, 0.25) is 0 Å². The van der Waals surface area contributed by atoms with Crippen molar-refractivity contribution in [3.8, 4) is 0 Å². The molecule has 2 rings (SSSR count). The molecule has 2 heterocycles. The van der Waals surface area contributed by atoms with Gasteiger partial charge in [-0.1, -0.05) is 0 Å². The first-order valence-corrected chi connectivity index (χ1v) is 4.47. The normalized spacial score (nSPS) is 10.7. The van der Waals surface area contributed by atoms with Gasteiger partial charge in [-0.2, -0.15) is 10.2 Å². The van der Waals surface area contributed by atoms with Crippen molar-refractivity contribution in [2.75, 3.05) is 0 Å². The average molecular weight is 191 g/mol. The van der Waals surface area contributed by atoms with Crippen molar-refractivity contribution < 1.29 is 0 Å². The molecule has 2 aromatic rings. The summed E-state index contributed by atoms with van der Waals surface area (Å²) in [4.78, 5) is 0. The van der Waals surface area contributed by atoms with E-state index in [-0.39, 0.29) is 0 Å². The summed E-state index contributed by atoms with van der Waals surface area (Å²) < 4.78 is 3.64. The van der Waals surface area contributed by atoms with Crippen LogP contribution in [0.5, 0.6) is 0 Å². The number of hydrogen-bond acceptors (Lipinski definition) is 3. The summed E-state index contributed by atoms with van der Waals surface area (Å²) in [7, 11) is 1.90. The predicted octanol–water partition coefficient (Wildman–Crippen LogP) is 0.124. The topological polar surface area (TPSA) is 61.7 Å². The van der Waals surface area contributed by atoms with Crippen LogP contribution >= 0.6 is 0 Å². The molecule has 0 fully saturated rings. The fourth-order valence-corrected chi connectivity index (χ4v) is 1.34. The van der Waals surface area contributed by atoms with E-state index in [0.29, 0.717) is 6.54 Å². The summed E-state index contributed by atoms with van der Waals surface area (Å²) in [5, 5.41) is 8.28. The average Bonchev–Trinajstić information content (AvgIpc) is 2.76. The van der Waals surface area contributed by atoms with Crippen molar-refractivity contribution >= 4 is 0 Å². The zero-order valence-electron chi connectivity index (χ0n) is 8.09. The molecule has 0 bridgehead atoms. The molecule has 0 aliphatic heterocycles. The number of aryl methyl sites for hydroxylation is 1. The number of nitrogens with two attached hydrogens (primary N) is 1. The second-order valence-corrected chi connectivity index (χ2v) is 3.27. The Morgan fingerprint density at radius 2 is 2.00 bits per heavy atom. The van der Waals surface area contributed by atoms with Crippen molar-refractivity contribution in [1.29, 1.82) is 0 Å². The van der Waals surface area contributed by atoms with E-state index in [9.17, 15) is 0 Å². The molecule has 2 aromatic heterocycles. The first-order valence-electron chi connectivity index (χ1n) is 4.47. The lowest BCUT2D eigenvalue weighted by Gasteiger charge is -1.96. The molecule has 0 aromatic carbocycles. The van der Waals surface area contributed by atoms with E-state index in [1.807, 2.05) is 30.3 Å². The van der Waals surface area contributed by atoms with Gasteiger partial charge >= 0.3 is 0 Å². The van der Waals surface area contributed by atoms with Gasteiger partial charge in [-0.15, -0.1) is 0 Å². The van der Waals surface area contributed by atoms with Crippen molar-refractivity contribution in [3.63, 3.8) is 0 Å². The van der Waals surface area contributed by atoms with Crippen LogP contribution in [0.4, 0.5) is 0 Å². The maximum Gasteiger partial charge on any atom is 0.0690 e. The van der Waals surface area contributed by atoms with E-state index in [1.165, 1.54) is 0 Å². The Hall–Kier alpha value is -1.62. The van der Waals surface area contributed by atoms with Gasteiger partial charge in [-0.25, -0.2) is 0 Å². The first-order chi connectivity index (χ1) is 6.78. The Bertz CT molecular complexity index is 414. The van der Waals surface area contributed by atoms with Crippen molar-refractivity contribution in [3.05, 3.63) is 35.9 Å². The Morgan fingerprint density at radius 3 is 2.57 bits per heavy atom. The molecular formula is C9H13N5. The van der Waals surface area contributed by atoms with Crippen LogP contribution in [0.1, 0.15) is 11.1 Å². The molecule has 5 heteroatoms. The Morgan fingerprint density at radius 1 is 1.21 bits per heavy atom. The lowest BCUT2D eigenvalue weighted by molar-refractivity contribution is 0.684. The van der Waals surface area contributed by atoms with Gasteiger partial charge in [-0.05, 0) is 0 Å².